The highest BCUT2D eigenvalue weighted by atomic mass is 16.5. The number of carbonyl (C=O) groups is 5. The van der Waals surface area contributed by atoms with E-state index in [1.807, 2.05) is 45.0 Å². The van der Waals surface area contributed by atoms with Crippen LogP contribution < -0.4 is 26.4 Å². The summed E-state index contributed by atoms with van der Waals surface area (Å²) in [5, 5.41) is 9.00. The molecule has 0 radical (unpaired) electrons. The lowest BCUT2D eigenvalue weighted by molar-refractivity contribution is -0.143. The van der Waals surface area contributed by atoms with Gasteiger partial charge in [-0.1, -0.05) is 71.4 Å². The largest absolute Gasteiger partial charge is 0.497 e. The number of ether oxygens (including phenoxy) is 1. The molecule has 3 atom stereocenters. The number of hydrogen-bond donors (Lipinski definition) is 4. The third-order valence-corrected chi connectivity index (χ3v) is 9.48. The Morgan fingerprint density at radius 1 is 1.00 bits per heavy atom. The van der Waals surface area contributed by atoms with Crippen LogP contribution in [0.25, 0.3) is 0 Å². The molecule has 11 nitrogen and oxygen atoms in total. The van der Waals surface area contributed by atoms with Crippen LogP contribution in [0.1, 0.15) is 97.0 Å². The topological polar surface area (TPSA) is 160 Å². The van der Waals surface area contributed by atoms with Crippen LogP contribution >= 0.6 is 0 Å². The summed E-state index contributed by atoms with van der Waals surface area (Å²) in [6, 6.07) is 4.77. The van der Waals surface area contributed by atoms with Gasteiger partial charge in [0.25, 0.3) is 5.91 Å². The molecule has 0 aromatic heterocycles. The quantitative estimate of drug-likeness (QED) is 0.206. The highest BCUT2D eigenvalue weighted by molar-refractivity contribution is 6.37. The molecule has 1 aromatic carbocycles. The van der Waals surface area contributed by atoms with E-state index in [1.54, 1.807) is 7.11 Å². The maximum atomic E-state index is 14.1. The van der Waals surface area contributed by atoms with E-state index in [9.17, 15) is 24.0 Å². The van der Waals surface area contributed by atoms with Gasteiger partial charge in [-0.25, -0.2) is 4.79 Å². The van der Waals surface area contributed by atoms with Gasteiger partial charge in [-0.3, -0.25) is 19.2 Å². The van der Waals surface area contributed by atoms with E-state index in [2.05, 4.69) is 16.0 Å². The summed E-state index contributed by atoms with van der Waals surface area (Å²) in [4.78, 5) is 66.9. The van der Waals surface area contributed by atoms with Crippen molar-refractivity contribution in [3.63, 3.8) is 0 Å². The van der Waals surface area contributed by atoms with Crippen LogP contribution in [0.2, 0.25) is 0 Å². The number of urea groups is 1. The number of nitrogens with two attached hydrogens (primary N) is 1. The molecule has 3 fully saturated rings. The van der Waals surface area contributed by atoms with Crippen LogP contribution in [-0.4, -0.2) is 71.8 Å². The predicted octanol–water partition coefficient (Wildman–Crippen LogP) is 3.37. The van der Waals surface area contributed by atoms with E-state index in [1.165, 1.54) is 4.90 Å². The fraction of sp³-hybridized carbons (Fsp3) is 0.676. The van der Waals surface area contributed by atoms with Crippen molar-refractivity contribution >= 4 is 29.5 Å². The van der Waals surface area contributed by atoms with Crippen molar-refractivity contribution in [1.29, 1.82) is 0 Å². The van der Waals surface area contributed by atoms with E-state index in [0.29, 0.717) is 32.2 Å². The minimum absolute atomic E-state index is 0.272. The predicted molar refractivity (Wildman–Crippen MR) is 170 cm³/mol. The molecule has 45 heavy (non-hydrogen) atoms. The molecule has 1 heterocycles. The van der Waals surface area contributed by atoms with Crippen LogP contribution in [0.4, 0.5) is 4.79 Å². The number of primary amides is 1. The molecule has 1 aromatic rings. The summed E-state index contributed by atoms with van der Waals surface area (Å²) in [5.74, 6) is -1.69. The minimum Gasteiger partial charge on any atom is -0.497 e. The summed E-state index contributed by atoms with van der Waals surface area (Å²) in [5.41, 5.74) is 5.20. The van der Waals surface area contributed by atoms with Crippen LogP contribution in [0.15, 0.2) is 24.3 Å². The summed E-state index contributed by atoms with van der Waals surface area (Å²) < 4.78 is 5.43. The Balaban J connectivity index is 1.48. The number of Topliss-reactive ketones (excluding diaryl/α,β-unsaturated/α-hetero) is 1. The van der Waals surface area contributed by atoms with Gasteiger partial charge in [-0.05, 0) is 67.6 Å². The highest BCUT2D eigenvalue weighted by Crippen LogP contribution is 2.34. The molecule has 2 aliphatic carbocycles. The first kappa shape index (κ1) is 34.2. The summed E-state index contributed by atoms with van der Waals surface area (Å²) >= 11 is 0. The molecule has 0 bridgehead atoms. The van der Waals surface area contributed by atoms with Crippen LogP contribution in [0.3, 0.4) is 0 Å². The molecular weight excluding hydrogens is 574 g/mol. The summed E-state index contributed by atoms with van der Waals surface area (Å²) in [6.45, 7) is 6.01. The lowest BCUT2D eigenvalue weighted by Crippen LogP contribution is -2.62. The third kappa shape index (κ3) is 9.20. The molecular formula is C34H51N5O6. The second-order valence-corrected chi connectivity index (χ2v) is 14.3. The second kappa shape index (κ2) is 14.6. The van der Waals surface area contributed by atoms with E-state index in [0.717, 1.165) is 62.7 Å². The highest BCUT2D eigenvalue weighted by Gasteiger charge is 2.44. The Hall–Kier alpha value is -3.63. The summed E-state index contributed by atoms with van der Waals surface area (Å²) in [6.07, 6.45) is 9.77. The second-order valence-electron chi connectivity index (χ2n) is 14.3. The van der Waals surface area contributed by atoms with Gasteiger partial charge in [0.15, 0.2) is 0 Å². The lowest BCUT2D eigenvalue weighted by atomic mass is 9.83. The number of likely N-dealkylation sites (tertiary alicyclic amines) is 1. The van der Waals surface area contributed by atoms with Crippen LogP contribution in [0, 0.1) is 11.3 Å². The van der Waals surface area contributed by atoms with Crippen LogP contribution in [-0.2, 0) is 25.6 Å². The molecule has 2 unspecified atom stereocenters. The molecule has 4 rings (SSSR count). The lowest BCUT2D eigenvalue weighted by Gasteiger charge is -2.38. The number of nitrogens with one attached hydrogen (secondary N) is 3. The van der Waals surface area contributed by atoms with Gasteiger partial charge in [-0.15, -0.1) is 0 Å². The van der Waals surface area contributed by atoms with Gasteiger partial charge < -0.3 is 31.3 Å². The molecule has 5 amide bonds. The Morgan fingerprint density at radius 2 is 1.69 bits per heavy atom. The number of benzene rings is 1. The van der Waals surface area contributed by atoms with Gasteiger partial charge >= 0.3 is 6.03 Å². The zero-order valence-electron chi connectivity index (χ0n) is 27.3. The van der Waals surface area contributed by atoms with E-state index >= 15 is 0 Å². The van der Waals surface area contributed by atoms with Gasteiger partial charge in [0.05, 0.1) is 13.2 Å². The minimum atomic E-state index is -1.08. The molecule has 11 heteroatoms. The Morgan fingerprint density at radius 3 is 2.29 bits per heavy atom. The van der Waals surface area contributed by atoms with Gasteiger partial charge in [-0.2, -0.15) is 0 Å². The van der Waals surface area contributed by atoms with Crippen molar-refractivity contribution in [3.8, 4) is 5.75 Å². The monoisotopic (exact) mass is 625 g/mol. The standard InChI is InChI=1S/C34H51N5O6/c1-33(2,3)28(31(43)39-18-10-13-26(39)30(42)36-25(20-22-14-15-22)27(40)29(35)41)37-32(44)38-34(16-7-5-6-8-17-34)21-23-11-9-12-24(19-23)45-4/h9,11-12,19,22,25-26,28H,5-8,10,13-18,20-21H2,1-4H3,(H2,35,41)(H,36,42)(H2,37,38,44)/t25?,26-,28?/m0/s1. The number of rotatable bonds is 12. The molecule has 5 N–H and O–H groups in total. The Kier molecular flexibility index (Phi) is 11.1. The fourth-order valence-corrected chi connectivity index (χ4v) is 6.81. The normalized spacial score (nSPS) is 21.2. The average Bonchev–Trinajstić information content (AvgIpc) is 3.72. The van der Waals surface area contributed by atoms with Crippen LogP contribution in [0.5, 0.6) is 5.75 Å². The molecule has 0 spiro atoms. The zero-order valence-corrected chi connectivity index (χ0v) is 27.3. The number of hydrogen-bond acceptors (Lipinski definition) is 6. The van der Waals surface area contributed by atoms with Gasteiger partial charge in [0.1, 0.15) is 17.8 Å². The first-order valence-electron chi connectivity index (χ1n) is 16.5. The molecule has 3 aliphatic rings. The van der Waals surface area contributed by atoms with Crippen molar-refractivity contribution in [2.45, 2.75) is 121 Å². The SMILES string of the molecule is COc1cccc(CC2(NC(=O)NC(C(=O)N3CCC[C@H]3C(=O)NC(CC3CC3)C(=O)C(N)=O)C(C)(C)C)CCCCCC2)c1. The number of nitrogens with zero attached hydrogens (tertiary/aromatic N) is 1. The van der Waals surface area contributed by atoms with Crippen molar-refractivity contribution < 1.29 is 28.7 Å². The Bertz CT molecular complexity index is 1250. The molecule has 248 valence electrons. The van der Waals surface area contributed by atoms with E-state index in [4.69, 9.17) is 10.5 Å². The summed E-state index contributed by atoms with van der Waals surface area (Å²) in [7, 11) is 1.64. The third-order valence-electron chi connectivity index (χ3n) is 9.48. The van der Waals surface area contributed by atoms with Gasteiger partial charge in [0.2, 0.25) is 17.6 Å². The zero-order chi connectivity index (χ0) is 32.8. The maximum absolute atomic E-state index is 14.1. The number of amides is 5. The molecule has 2 saturated carbocycles. The first-order chi connectivity index (χ1) is 21.3. The fourth-order valence-electron chi connectivity index (χ4n) is 6.81. The smallest absolute Gasteiger partial charge is 0.315 e. The van der Waals surface area contributed by atoms with Gasteiger partial charge in [0, 0.05) is 12.1 Å². The van der Waals surface area contributed by atoms with E-state index < -0.39 is 52.7 Å². The van der Waals surface area contributed by atoms with Crippen molar-refractivity contribution in [1.82, 2.24) is 20.9 Å². The first-order valence-corrected chi connectivity index (χ1v) is 16.5. The number of carbonyl (C=O) groups excluding carboxylic acids is 5. The van der Waals surface area contributed by atoms with Crippen molar-refractivity contribution in [2.24, 2.45) is 17.1 Å². The average molecular weight is 626 g/mol. The van der Waals surface area contributed by atoms with Crippen molar-refractivity contribution in [2.75, 3.05) is 13.7 Å². The number of ketones is 1. The maximum Gasteiger partial charge on any atom is 0.315 e. The van der Waals surface area contributed by atoms with Crippen molar-refractivity contribution in [3.05, 3.63) is 29.8 Å². The van der Waals surface area contributed by atoms with E-state index in [-0.39, 0.29) is 11.8 Å². The number of methoxy groups -OCH3 is 1. The molecule has 1 aliphatic heterocycles. The molecule has 1 saturated heterocycles. The Labute approximate surface area is 266 Å².